The van der Waals surface area contributed by atoms with Crippen molar-refractivity contribution in [2.45, 2.75) is 33.7 Å². The van der Waals surface area contributed by atoms with Gasteiger partial charge in [0.25, 0.3) is 11.5 Å². The molecule has 0 aliphatic heterocycles. The van der Waals surface area contributed by atoms with Gasteiger partial charge in [0.1, 0.15) is 0 Å². The van der Waals surface area contributed by atoms with Crippen LogP contribution in [0.5, 0.6) is 0 Å². The number of para-hydroxylation sites is 1. The SMILES string of the molecule is Cc1c(C(N)=O)c(-c2c(C)n(C)n(-c3ccccc3)c2=O)c(C)n1CCc1cccs1. The lowest BCUT2D eigenvalue weighted by Crippen LogP contribution is -2.20. The van der Waals surface area contributed by atoms with Gasteiger partial charge in [0.2, 0.25) is 0 Å². The highest BCUT2D eigenvalue weighted by molar-refractivity contribution is 7.09. The Kier molecular flexibility index (Phi) is 5.45. The molecule has 160 valence electrons. The quantitative estimate of drug-likeness (QED) is 0.499. The minimum Gasteiger partial charge on any atom is -0.366 e. The van der Waals surface area contributed by atoms with Gasteiger partial charge >= 0.3 is 0 Å². The van der Waals surface area contributed by atoms with Crippen LogP contribution in [-0.4, -0.2) is 19.8 Å². The molecule has 3 heterocycles. The number of nitrogens with zero attached hydrogens (tertiary/aromatic N) is 3. The first-order valence-corrected chi connectivity index (χ1v) is 11.1. The van der Waals surface area contributed by atoms with E-state index in [-0.39, 0.29) is 5.56 Å². The molecule has 0 aliphatic rings. The van der Waals surface area contributed by atoms with Gasteiger partial charge in [0.15, 0.2) is 0 Å². The normalized spacial score (nSPS) is 11.2. The van der Waals surface area contributed by atoms with Crippen molar-refractivity contribution in [3.63, 3.8) is 0 Å². The van der Waals surface area contributed by atoms with Crippen molar-refractivity contribution in [2.24, 2.45) is 12.8 Å². The van der Waals surface area contributed by atoms with E-state index in [9.17, 15) is 9.59 Å². The van der Waals surface area contributed by atoms with E-state index < -0.39 is 5.91 Å². The van der Waals surface area contributed by atoms with Gasteiger partial charge in [0.05, 0.1) is 16.8 Å². The highest BCUT2D eigenvalue weighted by atomic mass is 32.1. The molecule has 1 amide bonds. The third-order valence-electron chi connectivity index (χ3n) is 6.00. The summed E-state index contributed by atoms with van der Waals surface area (Å²) < 4.78 is 5.57. The van der Waals surface area contributed by atoms with E-state index in [1.807, 2.05) is 68.9 Å². The molecule has 0 bridgehead atoms. The number of rotatable bonds is 6. The number of thiophene rings is 1. The van der Waals surface area contributed by atoms with Crippen LogP contribution in [0, 0.1) is 20.8 Å². The number of hydrogen-bond donors (Lipinski definition) is 1. The van der Waals surface area contributed by atoms with E-state index in [1.165, 1.54) is 4.88 Å². The Morgan fingerprint density at radius 3 is 2.29 bits per heavy atom. The number of carbonyl (C=O) groups excluding carboxylic acids is 1. The predicted molar refractivity (Wildman–Crippen MR) is 125 cm³/mol. The lowest BCUT2D eigenvalue weighted by atomic mass is 10.0. The number of benzene rings is 1. The van der Waals surface area contributed by atoms with Crippen molar-refractivity contribution < 1.29 is 4.79 Å². The van der Waals surface area contributed by atoms with Gasteiger partial charge in [-0.2, -0.15) is 0 Å². The summed E-state index contributed by atoms with van der Waals surface area (Å²) in [7, 11) is 1.85. The van der Waals surface area contributed by atoms with Gasteiger partial charge in [-0.25, -0.2) is 4.68 Å². The van der Waals surface area contributed by atoms with Crippen LogP contribution in [0.15, 0.2) is 52.6 Å². The Balaban J connectivity index is 1.92. The molecule has 0 saturated carbocycles. The average Bonchev–Trinajstić information content (AvgIpc) is 3.39. The van der Waals surface area contributed by atoms with E-state index in [0.717, 1.165) is 35.7 Å². The Hall–Kier alpha value is -3.32. The number of carbonyl (C=O) groups is 1. The smallest absolute Gasteiger partial charge is 0.279 e. The molecule has 0 unspecified atom stereocenters. The summed E-state index contributed by atoms with van der Waals surface area (Å²) in [4.78, 5) is 27.4. The molecule has 7 heteroatoms. The topological polar surface area (TPSA) is 75.0 Å². The van der Waals surface area contributed by atoms with Crippen molar-refractivity contribution in [1.29, 1.82) is 0 Å². The molecule has 1 aromatic carbocycles. The predicted octanol–water partition coefficient (Wildman–Crippen LogP) is 3.97. The summed E-state index contributed by atoms with van der Waals surface area (Å²) in [5.41, 5.74) is 10.5. The van der Waals surface area contributed by atoms with E-state index >= 15 is 0 Å². The molecule has 31 heavy (non-hydrogen) atoms. The summed E-state index contributed by atoms with van der Waals surface area (Å²) in [5, 5.41) is 2.06. The van der Waals surface area contributed by atoms with E-state index in [1.54, 1.807) is 16.0 Å². The molecule has 4 rings (SSSR count). The fraction of sp³-hybridized carbons (Fsp3) is 0.250. The molecule has 0 atom stereocenters. The maximum atomic E-state index is 13.6. The largest absolute Gasteiger partial charge is 0.366 e. The second-order valence-electron chi connectivity index (χ2n) is 7.70. The Bertz CT molecular complexity index is 1310. The zero-order valence-corrected chi connectivity index (χ0v) is 19.0. The number of primary amides is 1. The van der Waals surface area contributed by atoms with Crippen LogP contribution in [0.1, 0.15) is 32.3 Å². The van der Waals surface area contributed by atoms with Crippen LogP contribution in [-0.2, 0) is 20.0 Å². The van der Waals surface area contributed by atoms with Crippen LogP contribution < -0.4 is 11.3 Å². The average molecular weight is 435 g/mol. The van der Waals surface area contributed by atoms with Gasteiger partial charge in [-0.1, -0.05) is 24.3 Å². The number of amides is 1. The van der Waals surface area contributed by atoms with Crippen molar-refractivity contribution in [3.05, 3.63) is 85.7 Å². The van der Waals surface area contributed by atoms with Gasteiger partial charge in [-0.15, -0.1) is 11.3 Å². The van der Waals surface area contributed by atoms with E-state index in [4.69, 9.17) is 5.73 Å². The second kappa shape index (κ2) is 8.07. The zero-order chi connectivity index (χ0) is 22.3. The summed E-state index contributed by atoms with van der Waals surface area (Å²) >= 11 is 1.71. The first-order chi connectivity index (χ1) is 14.8. The number of aromatic nitrogens is 3. The highest BCUT2D eigenvalue weighted by Crippen LogP contribution is 2.33. The molecule has 4 aromatic rings. The third kappa shape index (κ3) is 3.45. The van der Waals surface area contributed by atoms with Gasteiger partial charge in [-0.3, -0.25) is 14.3 Å². The van der Waals surface area contributed by atoms with Crippen LogP contribution in [0.3, 0.4) is 0 Å². The van der Waals surface area contributed by atoms with Crippen LogP contribution in [0.2, 0.25) is 0 Å². The fourth-order valence-electron chi connectivity index (χ4n) is 4.36. The Labute approximate surface area is 185 Å². The molecule has 0 spiro atoms. The van der Waals surface area contributed by atoms with Crippen molar-refractivity contribution in [3.8, 4) is 16.8 Å². The third-order valence-corrected chi connectivity index (χ3v) is 6.93. The standard InChI is InChI=1S/C24H26N4O2S/c1-15-22(24(30)28(26(15)4)18-9-6-5-7-10-18)20-16(2)27(17(3)21(20)23(25)29)13-12-19-11-8-14-31-19/h5-11,14H,12-13H2,1-4H3,(H2,25,29). The van der Waals surface area contributed by atoms with Crippen molar-refractivity contribution in [2.75, 3.05) is 0 Å². The fourth-order valence-corrected chi connectivity index (χ4v) is 5.06. The number of hydrogen-bond acceptors (Lipinski definition) is 3. The van der Waals surface area contributed by atoms with Gasteiger partial charge in [-0.05, 0) is 50.8 Å². The molecule has 3 aromatic heterocycles. The first-order valence-electron chi connectivity index (χ1n) is 10.2. The monoisotopic (exact) mass is 434 g/mol. The lowest BCUT2D eigenvalue weighted by molar-refractivity contribution is 0.1000. The van der Waals surface area contributed by atoms with Crippen molar-refractivity contribution >= 4 is 17.2 Å². The van der Waals surface area contributed by atoms with Gasteiger partial charge < -0.3 is 10.3 Å². The molecule has 0 aliphatic carbocycles. The summed E-state index contributed by atoms with van der Waals surface area (Å²) in [6.07, 6.45) is 0.855. The minimum absolute atomic E-state index is 0.160. The highest BCUT2D eigenvalue weighted by Gasteiger charge is 2.28. The summed E-state index contributed by atoms with van der Waals surface area (Å²) in [5.74, 6) is -0.514. The molecule has 6 nitrogen and oxygen atoms in total. The zero-order valence-electron chi connectivity index (χ0n) is 18.2. The molecule has 0 radical (unpaired) electrons. The van der Waals surface area contributed by atoms with Crippen molar-refractivity contribution in [1.82, 2.24) is 13.9 Å². The maximum Gasteiger partial charge on any atom is 0.279 e. The Morgan fingerprint density at radius 1 is 0.968 bits per heavy atom. The summed E-state index contributed by atoms with van der Waals surface area (Å²) in [6.45, 7) is 6.48. The lowest BCUT2D eigenvalue weighted by Gasteiger charge is -2.09. The van der Waals surface area contributed by atoms with E-state index in [2.05, 4.69) is 16.0 Å². The van der Waals surface area contributed by atoms with Gasteiger partial charge in [0, 0.05) is 41.1 Å². The number of aryl methyl sites for hydroxylation is 1. The first kappa shape index (κ1) is 20.9. The van der Waals surface area contributed by atoms with Crippen LogP contribution in [0.4, 0.5) is 0 Å². The molecule has 0 fully saturated rings. The molecular formula is C24H26N4O2S. The van der Waals surface area contributed by atoms with E-state index in [0.29, 0.717) is 16.7 Å². The van der Waals surface area contributed by atoms with Crippen LogP contribution in [0.25, 0.3) is 16.8 Å². The Morgan fingerprint density at radius 2 is 1.68 bits per heavy atom. The summed E-state index contributed by atoms with van der Waals surface area (Å²) in [6, 6.07) is 13.6. The number of nitrogens with two attached hydrogens (primary N) is 1. The second-order valence-corrected chi connectivity index (χ2v) is 8.73. The molecular weight excluding hydrogens is 408 g/mol. The molecule has 2 N–H and O–H groups in total. The maximum absolute atomic E-state index is 13.6. The molecule has 0 saturated heterocycles. The van der Waals surface area contributed by atoms with Crippen LogP contribution >= 0.6 is 11.3 Å². The minimum atomic E-state index is -0.514.